The van der Waals surface area contributed by atoms with Gasteiger partial charge in [0.05, 0.1) is 18.5 Å². The van der Waals surface area contributed by atoms with Crippen molar-refractivity contribution in [2.45, 2.75) is 46.3 Å². The standard InChI is InChI=1S/C19H28N4O2/c1-14(24)11-19(3,4)12-21-18(25)22-15(2)16-5-7-17(8-6-16)23-10-9-20-13-23/h5-10,13-15,24H,11-12H2,1-4H3,(H2,21,22,25). The quantitative estimate of drug-likeness (QED) is 0.722. The van der Waals surface area contributed by atoms with Gasteiger partial charge in [0.25, 0.3) is 0 Å². The maximum Gasteiger partial charge on any atom is 0.315 e. The van der Waals surface area contributed by atoms with Crippen LogP contribution in [0.4, 0.5) is 4.79 Å². The average molecular weight is 344 g/mol. The molecule has 0 aliphatic carbocycles. The third kappa shape index (κ3) is 5.90. The number of aromatic nitrogens is 2. The van der Waals surface area contributed by atoms with Gasteiger partial charge in [0, 0.05) is 24.6 Å². The summed E-state index contributed by atoms with van der Waals surface area (Å²) in [7, 11) is 0. The summed E-state index contributed by atoms with van der Waals surface area (Å²) in [5.41, 5.74) is 1.90. The van der Waals surface area contributed by atoms with Gasteiger partial charge >= 0.3 is 6.03 Å². The zero-order valence-corrected chi connectivity index (χ0v) is 15.4. The van der Waals surface area contributed by atoms with Gasteiger partial charge in [0.15, 0.2) is 0 Å². The molecule has 0 radical (unpaired) electrons. The number of nitrogens with zero attached hydrogens (tertiary/aromatic N) is 2. The van der Waals surface area contributed by atoms with Crippen molar-refractivity contribution in [2.75, 3.05) is 6.54 Å². The van der Waals surface area contributed by atoms with Gasteiger partial charge in [-0.3, -0.25) is 0 Å². The van der Waals surface area contributed by atoms with Crippen LogP contribution in [0.1, 0.15) is 45.7 Å². The molecule has 0 spiro atoms. The molecule has 2 unspecified atom stereocenters. The molecule has 25 heavy (non-hydrogen) atoms. The zero-order valence-electron chi connectivity index (χ0n) is 15.4. The Labute approximate surface area is 149 Å². The van der Waals surface area contributed by atoms with E-state index in [2.05, 4.69) is 15.6 Å². The number of carbonyl (C=O) groups is 1. The molecular formula is C19H28N4O2. The molecular weight excluding hydrogens is 316 g/mol. The van der Waals surface area contributed by atoms with Crippen molar-refractivity contribution in [1.29, 1.82) is 0 Å². The molecule has 1 heterocycles. The van der Waals surface area contributed by atoms with E-state index >= 15 is 0 Å². The van der Waals surface area contributed by atoms with Crippen LogP contribution in [0.15, 0.2) is 43.0 Å². The lowest BCUT2D eigenvalue weighted by molar-refractivity contribution is 0.128. The average Bonchev–Trinajstić information content (AvgIpc) is 3.06. The van der Waals surface area contributed by atoms with Crippen LogP contribution in [0.3, 0.4) is 0 Å². The van der Waals surface area contributed by atoms with E-state index in [9.17, 15) is 9.90 Å². The second-order valence-corrected chi connectivity index (χ2v) is 7.33. The van der Waals surface area contributed by atoms with Crippen molar-refractivity contribution in [1.82, 2.24) is 20.2 Å². The van der Waals surface area contributed by atoms with Gasteiger partial charge in [-0.25, -0.2) is 9.78 Å². The van der Waals surface area contributed by atoms with Crippen LogP contribution in [0.25, 0.3) is 5.69 Å². The summed E-state index contributed by atoms with van der Waals surface area (Å²) in [5, 5.41) is 15.3. The Bertz CT molecular complexity index is 663. The highest BCUT2D eigenvalue weighted by Crippen LogP contribution is 2.21. The normalized spacial score (nSPS) is 14.0. The first-order valence-corrected chi connectivity index (χ1v) is 8.57. The molecule has 2 amide bonds. The van der Waals surface area contributed by atoms with Crippen LogP contribution in [-0.2, 0) is 0 Å². The van der Waals surface area contributed by atoms with Crippen LogP contribution in [0, 0.1) is 5.41 Å². The number of imidazole rings is 1. The number of amides is 2. The SMILES string of the molecule is CC(O)CC(C)(C)CNC(=O)NC(C)c1ccc(-n2ccnc2)cc1. The molecule has 1 aromatic carbocycles. The van der Waals surface area contributed by atoms with Gasteiger partial charge in [0.1, 0.15) is 0 Å². The lowest BCUT2D eigenvalue weighted by Gasteiger charge is -2.27. The Hall–Kier alpha value is -2.34. The highest BCUT2D eigenvalue weighted by atomic mass is 16.3. The smallest absolute Gasteiger partial charge is 0.315 e. The number of nitrogens with one attached hydrogen (secondary N) is 2. The van der Waals surface area contributed by atoms with Crippen molar-refractivity contribution in [3.63, 3.8) is 0 Å². The summed E-state index contributed by atoms with van der Waals surface area (Å²) in [5.74, 6) is 0. The minimum Gasteiger partial charge on any atom is -0.393 e. The van der Waals surface area contributed by atoms with E-state index in [0.717, 1.165) is 11.3 Å². The van der Waals surface area contributed by atoms with E-state index in [1.165, 1.54) is 0 Å². The van der Waals surface area contributed by atoms with Gasteiger partial charge < -0.3 is 20.3 Å². The predicted octanol–water partition coefficient (Wildman–Crippen LogP) is 3.03. The molecule has 2 rings (SSSR count). The minimum absolute atomic E-state index is 0.100. The maximum atomic E-state index is 12.1. The molecule has 0 bridgehead atoms. The molecule has 2 aromatic rings. The molecule has 3 N–H and O–H groups in total. The molecule has 0 fully saturated rings. The van der Waals surface area contributed by atoms with Crippen molar-refractivity contribution < 1.29 is 9.90 Å². The van der Waals surface area contributed by atoms with Crippen molar-refractivity contribution in [3.05, 3.63) is 48.5 Å². The van der Waals surface area contributed by atoms with Gasteiger partial charge in [-0.1, -0.05) is 26.0 Å². The fourth-order valence-corrected chi connectivity index (χ4v) is 2.87. The number of carbonyl (C=O) groups excluding carboxylic acids is 1. The number of aliphatic hydroxyl groups excluding tert-OH is 1. The molecule has 6 heteroatoms. The summed E-state index contributed by atoms with van der Waals surface area (Å²) >= 11 is 0. The maximum absolute atomic E-state index is 12.1. The van der Waals surface area contributed by atoms with Crippen LogP contribution in [-0.4, -0.2) is 33.3 Å². The van der Waals surface area contributed by atoms with Crippen molar-refractivity contribution in [3.8, 4) is 5.69 Å². The topological polar surface area (TPSA) is 79.2 Å². The number of hydrogen-bond donors (Lipinski definition) is 3. The van der Waals surface area contributed by atoms with Gasteiger partial charge in [0.2, 0.25) is 0 Å². The first-order valence-electron chi connectivity index (χ1n) is 8.57. The lowest BCUT2D eigenvalue weighted by Crippen LogP contribution is -2.42. The number of rotatable bonds is 7. The molecule has 1 aromatic heterocycles. The van der Waals surface area contributed by atoms with Gasteiger partial charge in [-0.2, -0.15) is 0 Å². The van der Waals surface area contributed by atoms with Crippen LogP contribution < -0.4 is 10.6 Å². The molecule has 0 aliphatic rings. The minimum atomic E-state index is -0.382. The number of hydrogen-bond acceptors (Lipinski definition) is 3. The summed E-state index contributed by atoms with van der Waals surface area (Å²) in [6.07, 6.45) is 5.63. The Morgan fingerprint density at radius 2 is 1.96 bits per heavy atom. The van der Waals surface area contributed by atoms with Crippen LogP contribution in [0.5, 0.6) is 0 Å². The lowest BCUT2D eigenvalue weighted by atomic mass is 9.87. The molecule has 0 saturated heterocycles. The first-order chi connectivity index (χ1) is 11.8. The van der Waals surface area contributed by atoms with Crippen molar-refractivity contribution in [2.24, 2.45) is 5.41 Å². The van der Waals surface area contributed by atoms with E-state index in [-0.39, 0.29) is 23.6 Å². The Kier molecular flexibility index (Phi) is 6.20. The summed E-state index contributed by atoms with van der Waals surface area (Å²) in [4.78, 5) is 16.2. The Morgan fingerprint density at radius 1 is 1.28 bits per heavy atom. The van der Waals surface area contributed by atoms with E-state index < -0.39 is 0 Å². The highest BCUT2D eigenvalue weighted by Gasteiger charge is 2.21. The van der Waals surface area contributed by atoms with Gasteiger partial charge in [-0.05, 0) is 43.4 Å². The number of benzene rings is 1. The molecule has 0 saturated carbocycles. The molecule has 0 aliphatic heterocycles. The van der Waals surface area contributed by atoms with E-state index in [1.807, 2.05) is 55.8 Å². The third-order valence-corrected chi connectivity index (χ3v) is 4.12. The fraction of sp³-hybridized carbons (Fsp3) is 0.474. The largest absolute Gasteiger partial charge is 0.393 e. The summed E-state index contributed by atoms with van der Waals surface area (Å²) in [6, 6.07) is 7.69. The summed E-state index contributed by atoms with van der Waals surface area (Å²) < 4.78 is 1.93. The van der Waals surface area contributed by atoms with E-state index in [0.29, 0.717) is 13.0 Å². The molecule has 6 nitrogen and oxygen atoms in total. The number of urea groups is 1. The highest BCUT2D eigenvalue weighted by molar-refractivity contribution is 5.74. The van der Waals surface area contributed by atoms with E-state index in [4.69, 9.17) is 0 Å². The van der Waals surface area contributed by atoms with E-state index in [1.54, 1.807) is 19.4 Å². The second-order valence-electron chi connectivity index (χ2n) is 7.33. The molecule has 2 atom stereocenters. The van der Waals surface area contributed by atoms with Crippen molar-refractivity contribution >= 4 is 6.03 Å². The first kappa shape index (κ1) is 19.0. The summed E-state index contributed by atoms with van der Waals surface area (Å²) in [6.45, 7) is 8.27. The molecule has 136 valence electrons. The van der Waals surface area contributed by atoms with Crippen LogP contribution >= 0.6 is 0 Å². The zero-order chi connectivity index (χ0) is 18.4. The van der Waals surface area contributed by atoms with Gasteiger partial charge in [-0.15, -0.1) is 0 Å². The Morgan fingerprint density at radius 3 is 2.52 bits per heavy atom. The number of aliphatic hydroxyl groups is 1. The predicted molar refractivity (Wildman–Crippen MR) is 98.6 cm³/mol. The second kappa shape index (κ2) is 8.16. The third-order valence-electron chi connectivity index (χ3n) is 4.12. The monoisotopic (exact) mass is 344 g/mol. The Balaban J connectivity index is 1.86. The fourth-order valence-electron chi connectivity index (χ4n) is 2.87. The van der Waals surface area contributed by atoms with Crippen LogP contribution in [0.2, 0.25) is 0 Å².